The lowest BCUT2D eigenvalue weighted by Gasteiger charge is -2.06. The molecule has 1 aromatic carbocycles. The Morgan fingerprint density at radius 2 is 2.00 bits per heavy atom. The fraction of sp³-hybridized carbons (Fsp3) is 0.0909. The number of nitrogens with zero attached hydrogens (tertiary/aromatic N) is 3. The maximum atomic E-state index is 5.98. The zero-order chi connectivity index (χ0) is 13.6. The van der Waals surface area contributed by atoms with Crippen LogP contribution >= 0.6 is 34.5 Å². The highest BCUT2D eigenvalue weighted by atomic mass is 35.5. The van der Waals surface area contributed by atoms with Gasteiger partial charge in [-0.15, -0.1) is 5.10 Å². The first kappa shape index (κ1) is 12.5. The molecule has 2 aromatic heterocycles. The van der Waals surface area contributed by atoms with Crippen molar-refractivity contribution in [2.45, 2.75) is 6.92 Å². The van der Waals surface area contributed by atoms with Crippen LogP contribution in [0.15, 0.2) is 18.3 Å². The Morgan fingerprint density at radius 1 is 1.32 bits per heavy atom. The van der Waals surface area contributed by atoms with E-state index in [9.17, 15) is 0 Å². The Kier molecular flexibility index (Phi) is 3.00. The van der Waals surface area contributed by atoms with Gasteiger partial charge in [-0.25, -0.2) is 9.50 Å². The number of halogens is 2. The van der Waals surface area contributed by atoms with Gasteiger partial charge in [-0.2, -0.15) is 0 Å². The predicted octanol–water partition coefficient (Wildman–Crippen LogP) is 3.73. The second-order valence-electron chi connectivity index (χ2n) is 4.00. The number of nitrogens with two attached hydrogens (primary N) is 1. The van der Waals surface area contributed by atoms with Crippen molar-refractivity contribution in [2.24, 2.45) is 0 Å². The monoisotopic (exact) mass is 313 g/mol. The molecule has 3 rings (SSSR count). The van der Waals surface area contributed by atoms with E-state index in [1.807, 2.05) is 13.1 Å². The normalized spacial score (nSPS) is 11.1. The van der Waals surface area contributed by atoms with E-state index in [2.05, 4.69) is 15.4 Å². The molecule has 0 spiro atoms. The number of hydrogen-bond acceptors (Lipinski definition) is 5. The Bertz CT molecular complexity index is 709. The fourth-order valence-electron chi connectivity index (χ4n) is 1.64. The van der Waals surface area contributed by atoms with Crippen molar-refractivity contribution in [3.63, 3.8) is 0 Å². The molecule has 8 heteroatoms. The molecule has 0 amide bonds. The average molecular weight is 314 g/mol. The maximum absolute atomic E-state index is 5.98. The van der Waals surface area contributed by atoms with Gasteiger partial charge < -0.3 is 11.1 Å². The van der Waals surface area contributed by atoms with E-state index < -0.39 is 0 Å². The zero-order valence-corrected chi connectivity index (χ0v) is 12.1. The Morgan fingerprint density at radius 3 is 2.63 bits per heavy atom. The maximum Gasteiger partial charge on any atom is 0.214 e. The number of aryl methyl sites for hydroxylation is 1. The third-order valence-electron chi connectivity index (χ3n) is 2.49. The molecule has 0 atom stereocenters. The molecule has 3 N–H and O–H groups in total. The minimum absolute atomic E-state index is 0.374. The quantitative estimate of drug-likeness (QED) is 0.707. The lowest BCUT2D eigenvalue weighted by molar-refractivity contribution is 0.975. The van der Waals surface area contributed by atoms with Crippen LogP contribution < -0.4 is 11.1 Å². The van der Waals surface area contributed by atoms with Crippen LogP contribution in [0.25, 0.3) is 4.96 Å². The van der Waals surface area contributed by atoms with Crippen LogP contribution in [0.1, 0.15) is 5.69 Å². The van der Waals surface area contributed by atoms with Gasteiger partial charge in [0.25, 0.3) is 0 Å². The van der Waals surface area contributed by atoms with Crippen molar-refractivity contribution in [2.75, 3.05) is 11.1 Å². The molecule has 0 fully saturated rings. The molecule has 0 saturated heterocycles. The molecular formula is C11H9Cl2N5S. The van der Waals surface area contributed by atoms with Crippen LogP contribution in [-0.2, 0) is 0 Å². The van der Waals surface area contributed by atoms with Crippen LogP contribution in [0.3, 0.4) is 0 Å². The predicted molar refractivity (Wildman–Crippen MR) is 79.8 cm³/mol. The molecule has 98 valence electrons. The largest absolute Gasteiger partial charge is 0.396 e. The summed E-state index contributed by atoms with van der Waals surface area (Å²) in [6.07, 6.45) is 1.86. The third kappa shape index (κ3) is 2.34. The van der Waals surface area contributed by atoms with Crippen molar-refractivity contribution >= 4 is 56.0 Å². The summed E-state index contributed by atoms with van der Waals surface area (Å²) < 4.78 is 1.73. The summed E-state index contributed by atoms with van der Waals surface area (Å²) in [7, 11) is 0. The van der Waals surface area contributed by atoms with Crippen LogP contribution in [0.4, 0.5) is 16.5 Å². The molecule has 0 aliphatic carbocycles. The summed E-state index contributed by atoms with van der Waals surface area (Å²) >= 11 is 13.4. The van der Waals surface area contributed by atoms with Crippen molar-refractivity contribution in [3.8, 4) is 0 Å². The van der Waals surface area contributed by atoms with E-state index in [0.717, 1.165) is 16.3 Å². The van der Waals surface area contributed by atoms with E-state index in [1.165, 1.54) is 11.3 Å². The van der Waals surface area contributed by atoms with E-state index in [-0.39, 0.29) is 0 Å². The van der Waals surface area contributed by atoms with Crippen LogP contribution in [0.5, 0.6) is 0 Å². The molecular weight excluding hydrogens is 305 g/mol. The highest BCUT2D eigenvalue weighted by molar-refractivity contribution is 7.20. The van der Waals surface area contributed by atoms with Crippen molar-refractivity contribution in [3.05, 3.63) is 34.1 Å². The molecule has 0 radical (unpaired) electrons. The van der Waals surface area contributed by atoms with Gasteiger partial charge in [0.05, 0.1) is 27.6 Å². The number of imidazole rings is 1. The number of rotatable bonds is 2. The summed E-state index contributed by atoms with van der Waals surface area (Å²) in [6, 6.07) is 3.41. The van der Waals surface area contributed by atoms with E-state index in [1.54, 1.807) is 16.6 Å². The van der Waals surface area contributed by atoms with Gasteiger partial charge >= 0.3 is 0 Å². The lowest BCUT2D eigenvalue weighted by atomic mass is 10.3. The number of nitrogen functional groups attached to an aromatic ring is 1. The highest BCUT2D eigenvalue weighted by Crippen LogP contribution is 2.33. The summed E-state index contributed by atoms with van der Waals surface area (Å²) in [5.74, 6) is 0. The first-order chi connectivity index (χ1) is 9.02. The summed E-state index contributed by atoms with van der Waals surface area (Å²) in [5.41, 5.74) is 7.73. The SMILES string of the molecule is Cc1cn2nc(Nc3cc(Cl)c(N)c(Cl)c3)sc2n1. The molecule has 2 heterocycles. The standard InChI is InChI=1S/C11H9Cl2N5S/c1-5-4-18-11(15-5)19-10(17-18)16-6-2-7(12)9(14)8(13)3-6/h2-4H,14H2,1H3,(H,16,17). The first-order valence-electron chi connectivity index (χ1n) is 5.37. The molecule has 5 nitrogen and oxygen atoms in total. The van der Waals surface area contributed by atoms with Crippen molar-refractivity contribution in [1.29, 1.82) is 0 Å². The smallest absolute Gasteiger partial charge is 0.214 e. The van der Waals surface area contributed by atoms with Gasteiger partial charge in [0.1, 0.15) is 0 Å². The Balaban J connectivity index is 1.93. The number of anilines is 3. The van der Waals surface area contributed by atoms with Gasteiger partial charge in [-0.05, 0) is 19.1 Å². The Hall–Kier alpha value is -1.50. The molecule has 19 heavy (non-hydrogen) atoms. The first-order valence-corrected chi connectivity index (χ1v) is 6.94. The number of aromatic nitrogens is 3. The number of fused-ring (bicyclic) bond motifs is 1. The van der Waals surface area contributed by atoms with E-state index >= 15 is 0 Å². The minimum atomic E-state index is 0.374. The van der Waals surface area contributed by atoms with Gasteiger partial charge in [0, 0.05) is 5.69 Å². The molecule has 0 aliphatic heterocycles. The van der Waals surface area contributed by atoms with Gasteiger partial charge in [-0.3, -0.25) is 0 Å². The van der Waals surface area contributed by atoms with Gasteiger partial charge in [0.15, 0.2) is 0 Å². The second-order valence-corrected chi connectivity index (χ2v) is 5.77. The Labute approximate surface area is 123 Å². The molecule has 3 aromatic rings. The topological polar surface area (TPSA) is 68.2 Å². The lowest BCUT2D eigenvalue weighted by Crippen LogP contribution is -1.94. The van der Waals surface area contributed by atoms with Gasteiger partial charge in [-0.1, -0.05) is 34.5 Å². The molecule has 0 bridgehead atoms. The summed E-state index contributed by atoms with van der Waals surface area (Å²) in [4.78, 5) is 5.16. The minimum Gasteiger partial charge on any atom is -0.396 e. The molecule has 0 saturated carbocycles. The van der Waals surface area contributed by atoms with Crippen LogP contribution in [-0.4, -0.2) is 14.6 Å². The van der Waals surface area contributed by atoms with Crippen molar-refractivity contribution in [1.82, 2.24) is 14.6 Å². The molecule has 0 unspecified atom stereocenters. The van der Waals surface area contributed by atoms with Crippen LogP contribution in [0.2, 0.25) is 10.0 Å². The average Bonchev–Trinajstić information content (AvgIpc) is 2.82. The summed E-state index contributed by atoms with van der Waals surface area (Å²) in [6.45, 7) is 1.92. The van der Waals surface area contributed by atoms with E-state index in [4.69, 9.17) is 28.9 Å². The number of hydrogen-bond donors (Lipinski definition) is 2. The molecule has 0 aliphatic rings. The van der Waals surface area contributed by atoms with Gasteiger partial charge in [0.2, 0.25) is 10.1 Å². The fourth-order valence-corrected chi connectivity index (χ4v) is 2.97. The highest BCUT2D eigenvalue weighted by Gasteiger charge is 2.09. The van der Waals surface area contributed by atoms with E-state index in [0.29, 0.717) is 20.9 Å². The second kappa shape index (κ2) is 4.56. The van der Waals surface area contributed by atoms with Crippen molar-refractivity contribution < 1.29 is 0 Å². The van der Waals surface area contributed by atoms with Crippen LogP contribution in [0, 0.1) is 6.92 Å². The number of nitrogens with one attached hydrogen (secondary N) is 1. The zero-order valence-electron chi connectivity index (χ0n) is 9.82. The third-order valence-corrected chi connectivity index (χ3v) is 3.96. The number of benzene rings is 1. The summed E-state index contributed by atoms with van der Waals surface area (Å²) in [5, 5.41) is 9.01.